The smallest absolute Gasteiger partial charge is 0.152 e. The van der Waals surface area contributed by atoms with Crippen molar-refractivity contribution in [3.05, 3.63) is 12.2 Å². The second-order valence-electron chi connectivity index (χ2n) is 13.5. The minimum Gasteiger partial charge on any atom is -0.390 e. The molecule has 3 heteroatoms. The highest BCUT2D eigenvalue weighted by molar-refractivity contribution is 5.87. The van der Waals surface area contributed by atoms with Crippen LogP contribution in [0.2, 0.25) is 0 Å². The molecule has 0 amide bonds. The molecular weight excluding hydrogens is 396 g/mol. The molecular formula is C29H46O3. The van der Waals surface area contributed by atoms with E-state index in [1.165, 1.54) is 25.7 Å². The normalized spacial score (nSPS) is 47.4. The van der Waals surface area contributed by atoms with Crippen molar-refractivity contribution < 1.29 is 14.7 Å². The molecule has 0 bridgehead atoms. The monoisotopic (exact) mass is 442 g/mol. The Morgan fingerprint density at radius 1 is 1.00 bits per heavy atom. The predicted octanol–water partition coefficient (Wildman–Crippen LogP) is 6.53. The van der Waals surface area contributed by atoms with E-state index in [9.17, 15) is 14.7 Å². The number of Topliss-reactive ketones (excluding diaryl/α,β-unsaturated/α-hetero) is 1. The molecule has 180 valence electrons. The van der Waals surface area contributed by atoms with Crippen LogP contribution in [0, 0.1) is 45.3 Å². The molecule has 0 spiro atoms. The second-order valence-corrected chi connectivity index (χ2v) is 13.5. The fourth-order valence-corrected chi connectivity index (χ4v) is 9.90. The first-order valence-corrected chi connectivity index (χ1v) is 13.1. The standard InChI is InChI=1S/C29H46O3/c1-19(30)9-8-15-29(7,32)21-12-17-27(5)20(21)10-11-23-26(4)16-14-24(31)25(2,3)22(26)13-18-28(23,27)6/h8-9,20-23,32H,10-18H2,1-7H3/b9-8+/t20-,21+,22+,23-,26+,27-,28-,29+/m1/s1. The van der Waals surface area contributed by atoms with E-state index in [1.54, 1.807) is 13.0 Å². The van der Waals surface area contributed by atoms with Gasteiger partial charge in [-0.1, -0.05) is 40.7 Å². The van der Waals surface area contributed by atoms with Crippen LogP contribution in [0.5, 0.6) is 0 Å². The Morgan fingerprint density at radius 2 is 1.66 bits per heavy atom. The predicted molar refractivity (Wildman–Crippen MR) is 129 cm³/mol. The molecule has 3 nitrogen and oxygen atoms in total. The molecule has 4 fully saturated rings. The Kier molecular flexibility index (Phi) is 5.68. The Morgan fingerprint density at radius 3 is 2.31 bits per heavy atom. The summed E-state index contributed by atoms with van der Waals surface area (Å²) >= 11 is 0. The van der Waals surface area contributed by atoms with Gasteiger partial charge in [-0.25, -0.2) is 0 Å². The van der Waals surface area contributed by atoms with Crippen molar-refractivity contribution in [1.82, 2.24) is 0 Å². The molecule has 32 heavy (non-hydrogen) atoms. The Labute approximate surface area is 195 Å². The van der Waals surface area contributed by atoms with Crippen LogP contribution < -0.4 is 0 Å². The molecule has 4 saturated carbocycles. The van der Waals surface area contributed by atoms with Gasteiger partial charge in [-0.3, -0.25) is 9.59 Å². The van der Waals surface area contributed by atoms with Crippen molar-refractivity contribution in [3.63, 3.8) is 0 Å². The Bertz CT molecular complexity index is 822. The second kappa shape index (κ2) is 7.52. The molecule has 4 aliphatic carbocycles. The molecule has 0 aromatic rings. The van der Waals surface area contributed by atoms with Crippen LogP contribution in [0.1, 0.15) is 106 Å². The van der Waals surface area contributed by atoms with Gasteiger partial charge in [0.05, 0.1) is 5.60 Å². The summed E-state index contributed by atoms with van der Waals surface area (Å²) in [4.78, 5) is 24.2. The van der Waals surface area contributed by atoms with Gasteiger partial charge in [-0.15, -0.1) is 0 Å². The molecule has 8 atom stereocenters. The lowest BCUT2D eigenvalue weighted by molar-refractivity contribution is -0.206. The van der Waals surface area contributed by atoms with Crippen LogP contribution in [-0.4, -0.2) is 22.3 Å². The van der Waals surface area contributed by atoms with Gasteiger partial charge in [0.25, 0.3) is 0 Å². The third-order valence-corrected chi connectivity index (χ3v) is 11.8. The molecule has 0 unspecified atom stereocenters. The van der Waals surface area contributed by atoms with Crippen molar-refractivity contribution in [3.8, 4) is 0 Å². The highest BCUT2D eigenvalue weighted by Gasteiger charge is 2.69. The fraction of sp³-hybridized carbons (Fsp3) is 0.862. The number of carbonyl (C=O) groups excluding carboxylic acids is 2. The lowest BCUT2D eigenvalue weighted by Gasteiger charge is -2.69. The first kappa shape index (κ1) is 24.2. The lowest BCUT2D eigenvalue weighted by atomic mass is 9.35. The fourth-order valence-electron chi connectivity index (χ4n) is 9.90. The van der Waals surface area contributed by atoms with Gasteiger partial charge in [0.15, 0.2) is 5.78 Å². The summed E-state index contributed by atoms with van der Waals surface area (Å²) in [5, 5.41) is 11.5. The zero-order valence-electron chi connectivity index (χ0n) is 21.6. The number of fused-ring (bicyclic) bond motifs is 5. The number of hydrogen-bond donors (Lipinski definition) is 1. The van der Waals surface area contributed by atoms with Gasteiger partial charge in [0.2, 0.25) is 0 Å². The molecule has 4 rings (SSSR count). The maximum absolute atomic E-state index is 12.8. The summed E-state index contributed by atoms with van der Waals surface area (Å²) in [5.74, 6) is 2.48. The average Bonchev–Trinajstić information content (AvgIpc) is 3.04. The molecule has 1 N–H and O–H groups in total. The maximum Gasteiger partial charge on any atom is 0.152 e. The summed E-state index contributed by atoms with van der Waals surface area (Å²) in [7, 11) is 0. The number of carbonyl (C=O) groups is 2. The van der Waals surface area contributed by atoms with Crippen LogP contribution in [0.4, 0.5) is 0 Å². The van der Waals surface area contributed by atoms with E-state index in [4.69, 9.17) is 0 Å². The number of hydrogen-bond acceptors (Lipinski definition) is 3. The van der Waals surface area contributed by atoms with E-state index in [-0.39, 0.29) is 33.4 Å². The number of aliphatic hydroxyl groups is 1. The van der Waals surface area contributed by atoms with Crippen LogP contribution in [0.15, 0.2) is 12.2 Å². The molecule has 0 aromatic carbocycles. The minimum absolute atomic E-state index is 0.0453. The first-order chi connectivity index (χ1) is 14.7. The van der Waals surface area contributed by atoms with Gasteiger partial charge in [-0.05, 0) is 111 Å². The van der Waals surface area contributed by atoms with Gasteiger partial charge in [-0.2, -0.15) is 0 Å². The highest BCUT2D eigenvalue weighted by Crippen LogP contribution is 2.75. The molecule has 0 heterocycles. The van der Waals surface area contributed by atoms with Crippen molar-refractivity contribution in [2.45, 2.75) is 112 Å². The van der Waals surface area contributed by atoms with E-state index in [1.807, 2.05) is 13.0 Å². The van der Waals surface area contributed by atoms with Crippen LogP contribution in [-0.2, 0) is 9.59 Å². The van der Waals surface area contributed by atoms with Crippen molar-refractivity contribution >= 4 is 11.6 Å². The maximum atomic E-state index is 12.8. The zero-order valence-corrected chi connectivity index (χ0v) is 21.6. The summed E-state index contributed by atoms with van der Waals surface area (Å²) < 4.78 is 0. The summed E-state index contributed by atoms with van der Waals surface area (Å²) in [6, 6.07) is 0. The summed E-state index contributed by atoms with van der Waals surface area (Å²) in [5.41, 5.74) is -0.232. The third-order valence-electron chi connectivity index (χ3n) is 11.8. The molecule has 0 saturated heterocycles. The van der Waals surface area contributed by atoms with E-state index in [0.29, 0.717) is 30.0 Å². The SMILES string of the molecule is CC(=O)/C=C/C[C@](C)(O)[C@H]1CC[C@]2(C)[C@@H]1CC[C@@H]1[C@@]3(C)CCC(=O)C(C)(C)[C@@H]3CC[C@]12C. The average molecular weight is 443 g/mol. The van der Waals surface area contributed by atoms with Gasteiger partial charge < -0.3 is 5.11 Å². The third kappa shape index (κ3) is 3.23. The van der Waals surface area contributed by atoms with E-state index in [0.717, 1.165) is 25.7 Å². The van der Waals surface area contributed by atoms with Crippen LogP contribution >= 0.6 is 0 Å². The van der Waals surface area contributed by atoms with E-state index >= 15 is 0 Å². The van der Waals surface area contributed by atoms with Crippen LogP contribution in [0.25, 0.3) is 0 Å². The quantitative estimate of drug-likeness (QED) is 0.504. The molecule has 0 radical (unpaired) electrons. The van der Waals surface area contributed by atoms with E-state index < -0.39 is 5.60 Å². The van der Waals surface area contributed by atoms with Crippen LogP contribution in [0.3, 0.4) is 0 Å². The topological polar surface area (TPSA) is 54.4 Å². The Balaban J connectivity index is 1.63. The summed E-state index contributed by atoms with van der Waals surface area (Å²) in [6.45, 7) is 15.6. The van der Waals surface area contributed by atoms with Gasteiger partial charge in [0, 0.05) is 11.8 Å². The lowest BCUT2D eigenvalue weighted by Crippen LogP contribution is -2.63. The molecule has 4 aliphatic rings. The first-order valence-electron chi connectivity index (χ1n) is 13.1. The number of allylic oxidation sites excluding steroid dienone is 1. The number of rotatable bonds is 4. The Hall–Kier alpha value is -0.960. The minimum atomic E-state index is -0.766. The van der Waals surface area contributed by atoms with Gasteiger partial charge in [0.1, 0.15) is 5.78 Å². The highest BCUT2D eigenvalue weighted by atomic mass is 16.3. The van der Waals surface area contributed by atoms with E-state index in [2.05, 4.69) is 34.6 Å². The zero-order chi connectivity index (χ0) is 23.7. The molecule has 0 aromatic heterocycles. The van der Waals surface area contributed by atoms with Crippen molar-refractivity contribution in [2.75, 3.05) is 0 Å². The largest absolute Gasteiger partial charge is 0.390 e. The summed E-state index contributed by atoms with van der Waals surface area (Å²) in [6.07, 6.45) is 12.9. The van der Waals surface area contributed by atoms with Crippen molar-refractivity contribution in [2.24, 2.45) is 45.3 Å². The number of ketones is 2. The molecule has 0 aliphatic heterocycles. The van der Waals surface area contributed by atoms with Gasteiger partial charge >= 0.3 is 0 Å². The van der Waals surface area contributed by atoms with Crippen molar-refractivity contribution in [1.29, 1.82) is 0 Å².